The van der Waals surface area contributed by atoms with E-state index in [1.54, 1.807) is 0 Å². The van der Waals surface area contributed by atoms with E-state index in [2.05, 4.69) is 15.6 Å². The fraction of sp³-hybridized carbons (Fsp3) is 0.500. The van der Waals surface area contributed by atoms with Gasteiger partial charge in [-0.1, -0.05) is 62.9 Å². The van der Waals surface area contributed by atoms with Gasteiger partial charge >= 0.3 is 11.7 Å². The number of nitrogens with one attached hydrogen (secondary N) is 3. The number of carbonyl (C=O) groups is 2. The van der Waals surface area contributed by atoms with Crippen molar-refractivity contribution in [3.8, 4) is 0 Å². The molecule has 0 aliphatic heterocycles. The zero-order valence-electron chi connectivity index (χ0n) is 19.6. The van der Waals surface area contributed by atoms with Crippen molar-refractivity contribution in [1.29, 1.82) is 0 Å². The Labute approximate surface area is 198 Å². The van der Waals surface area contributed by atoms with Gasteiger partial charge in [-0.05, 0) is 24.8 Å². The molecule has 0 unspecified atom stereocenters. The minimum Gasteiger partial charge on any atom is -0.383 e. The van der Waals surface area contributed by atoms with Gasteiger partial charge in [-0.15, -0.1) is 0 Å². The number of nitrogens with zero attached hydrogens (tertiary/aromatic N) is 2. The molecule has 10 heteroatoms. The van der Waals surface area contributed by atoms with Crippen LogP contribution in [0.1, 0.15) is 57.4 Å². The van der Waals surface area contributed by atoms with Crippen LogP contribution in [0.2, 0.25) is 0 Å². The Hall–Kier alpha value is -3.56. The summed E-state index contributed by atoms with van der Waals surface area (Å²) in [5.74, 6) is -0.577. The van der Waals surface area contributed by atoms with Crippen molar-refractivity contribution in [3.05, 3.63) is 56.7 Å². The smallest absolute Gasteiger partial charge is 0.330 e. The quantitative estimate of drug-likeness (QED) is 0.442. The van der Waals surface area contributed by atoms with Crippen LogP contribution in [-0.2, 0) is 17.9 Å². The molecule has 10 nitrogen and oxygen atoms in total. The summed E-state index contributed by atoms with van der Waals surface area (Å²) in [7, 11) is 0. The number of benzene rings is 1. The molecule has 1 heterocycles. The maximum absolute atomic E-state index is 12.8. The summed E-state index contributed by atoms with van der Waals surface area (Å²) in [5, 5.41) is 5.21. The van der Waals surface area contributed by atoms with E-state index in [4.69, 9.17) is 5.73 Å². The van der Waals surface area contributed by atoms with Gasteiger partial charge < -0.3 is 16.0 Å². The molecule has 1 fully saturated rings. The lowest BCUT2D eigenvalue weighted by molar-refractivity contribution is -0.118. The van der Waals surface area contributed by atoms with Gasteiger partial charge in [0.15, 0.2) is 0 Å². The molecule has 0 atom stereocenters. The van der Waals surface area contributed by atoms with Crippen molar-refractivity contribution < 1.29 is 9.59 Å². The Kier molecular flexibility index (Phi) is 8.89. The van der Waals surface area contributed by atoms with Gasteiger partial charge in [0, 0.05) is 19.1 Å². The number of aromatic amines is 1. The minimum atomic E-state index is -0.675. The molecule has 3 amide bonds. The summed E-state index contributed by atoms with van der Waals surface area (Å²) in [4.78, 5) is 54.1. The highest BCUT2D eigenvalue weighted by molar-refractivity contribution is 5.96. The van der Waals surface area contributed by atoms with E-state index in [9.17, 15) is 19.2 Å². The summed E-state index contributed by atoms with van der Waals surface area (Å²) >= 11 is 0. The molecule has 1 saturated carbocycles. The van der Waals surface area contributed by atoms with Crippen LogP contribution in [0.3, 0.4) is 0 Å². The van der Waals surface area contributed by atoms with E-state index >= 15 is 0 Å². The number of urea groups is 1. The molecule has 0 saturated heterocycles. The molecular formula is C24H34N6O4. The number of unbranched alkanes of at least 4 members (excludes halogenated alkanes) is 1. The average molecular weight is 471 g/mol. The highest BCUT2D eigenvalue weighted by Gasteiger charge is 2.23. The molecule has 1 aromatic carbocycles. The van der Waals surface area contributed by atoms with Gasteiger partial charge in [0.2, 0.25) is 5.91 Å². The maximum Gasteiger partial charge on any atom is 0.330 e. The fourth-order valence-electron chi connectivity index (χ4n) is 4.25. The van der Waals surface area contributed by atoms with Gasteiger partial charge in [-0.3, -0.25) is 24.5 Å². The largest absolute Gasteiger partial charge is 0.383 e. The highest BCUT2D eigenvalue weighted by atomic mass is 16.2. The normalized spacial score (nSPS) is 13.9. The lowest BCUT2D eigenvalue weighted by Crippen LogP contribution is -2.49. The molecule has 1 aliphatic carbocycles. The van der Waals surface area contributed by atoms with Gasteiger partial charge in [0.05, 0.1) is 6.54 Å². The molecule has 5 N–H and O–H groups in total. The third-order valence-electron chi connectivity index (χ3n) is 6.01. The Balaban J connectivity index is 1.83. The summed E-state index contributed by atoms with van der Waals surface area (Å²) in [6, 6.07) is 8.79. The average Bonchev–Trinajstić information content (AvgIpc) is 2.80. The second kappa shape index (κ2) is 12.1. The van der Waals surface area contributed by atoms with Crippen LogP contribution in [0.15, 0.2) is 39.9 Å². The monoisotopic (exact) mass is 470 g/mol. The van der Waals surface area contributed by atoms with E-state index < -0.39 is 23.2 Å². The molecule has 3 rings (SSSR count). The van der Waals surface area contributed by atoms with Gasteiger partial charge in [0.25, 0.3) is 5.56 Å². The number of nitrogens with two attached hydrogens (primary N) is 1. The Bertz CT molecular complexity index is 1090. The van der Waals surface area contributed by atoms with Crippen molar-refractivity contribution >= 4 is 23.4 Å². The lowest BCUT2D eigenvalue weighted by Gasteiger charge is -2.26. The van der Waals surface area contributed by atoms with Crippen molar-refractivity contribution in [2.45, 2.75) is 71.0 Å². The molecule has 0 bridgehead atoms. The predicted molar refractivity (Wildman–Crippen MR) is 132 cm³/mol. The summed E-state index contributed by atoms with van der Waals surface area (Å²) in [6.45, 7) is 2.24. The SMILES string of the molecule is CCCCn1c(N)c(N(CC(=O)NC(=O)NC2CCCCC2)Cc2ccccc2)c(=O)[nH]c1=O. The number of rotatable bonds is 9. The first-order valence-corrected chi connectivity index (χ1v) is 11.9. The van der Waals surface area contributed by atoms with Crippen molar-refractivity contribution in [3.63, 3.8) is 0 Å². The van der Waals surface area contributed by atoms with E-state index in [1.165, 1.54) is 9.47 Å². The first-order chi connectivity index (χ1) is 16.4. The van der Waals surface area contributed by atoms with Crippen molar-refractivity contribution in [2.24, 2.45) is 0 Å². The van der Waals surface area contributed by atoms with Gasteiger partial charge in [-0.2, -0.15) is 0 Å². The molecule has 0 radical (unpaired) electrons. The van der Waals surface area contributed by atoms with Crippen molar-refractivity contribution in [2.75, 3.05) is 17.2 Å². The molecular weight excluding hydrogens is 436 g/mol. The standard InChI is InChI=1S/C24H34N6O4/c1-2-3-14-30-21(25)20(22(32)28-24(30)34)29(15-17-10-6-4-7-11-17)16-19(31)27-23(33)26-18-12-8-5-9-13-18/h4,6-7,10-11,18H,2-3,5,8-9,12-16,25H2,1H3,(H,28,32,34)(H2,26,27,31,33). The predicted octanol–water partition coefficient (Wildman–Crippen LogP) is 2.08. The minimum absolute atomic E-state index is 0.00223. The molecule has 2 aromatic rings. The summed E-state index contributed by atoms with van der Waals surface area (Å²) in [6.07, 6.45) is 6.60. The first kappa shape index (κ1) is 25.1. The highest BCUT2D eigenvalue weighted by Crippen LogP contribution is 2.20. The van der Waals surface area contributed by atoms with Crippen molar-refractivity contribution in [1.82, 2.24) is 20.2 Å². The first-order valence-electron chi connectivity index (χ1n) is 11.9. The number of hydrogen-bond donors (Lipinski definition) is 4. The zero-order chi connectivity index (χ0) is 24.5. The van der Waals surface area contributed by atoms with E-state index in [1.807, 2.05) is 37.3 Å². The number of anilines is 2. The summed E-state index contributed by atoms with van der Waals surface area (Å²) < 4.78 is 1.31. The molecule has 34 heavy (non-hydrogen) atoms. The Morgan fingerprint density at radius 3 is 2.53 bits per heavy atom. The number of amides is 3. The van der Waals surface area contributed by atoms with Crippen LogP contribution in [-0.4, -0.2) is 34.1 Å². The molecule has 0 spiro atoms. The number of aromatic nitrogens is 2. The maximum atomic E-state index is 12.8. The fourth-order valence-corrected chi connectivity index (χ4v) is 4.25. The number of nitrogen functional groups attached to an aromatic ring is 1. The third kappa shape index (κ3) is 6.72. The number of H-pyrrole nitrogens is 1. The van der Waals surface area contributed by atoms with E-state index in [-0.39, 0.29) is 30.6 Å². The second-order valence-electron chi connectivity index (χ2n) is 8.70. The number of hydrogen-bond acceptors (Lipinski definition) is 6. The topological polar surface area (TPSA) is 142 Å². The van der Waals surface area contributed by atoms with Crippen LogP contribution in [0.25, 0.3) is 0 Å². The van der Waals surface area contributed by atoms with Crippen LogP contribution in [0, 0.1) is 0 Å². The summed E-state index contributed by atoms with van der Waals surface area (Å²) in [5.41, 5.74) is 5.88. The number of imide groups is 1. The zero-order valence-corrected chi connectivity index (χ0v) is 19.6. The van der Waals surface area contributed by atoms with E-state index in [0.717, 1.165) is 44.1 Å². The Morgan fingerprint density at radius 1 is 1.15 bits per heavy atom. The van der Waals surface area contributed by atoms with Gasteiger partial charge in [0.1, 0.15) is 11.5 Å². The second-order valence-corrected chi connectivity index (χ2v) is 8.70. The molecule has 184 valence electrons. The Morgan fingerprint density at radius 2 is 1.85 bits per heavy atom. The van der Waals surface area contributed by atoms with Crippen LogP contribution in [0.5, 0.6) is 0 Å². The van der Waals surface area contributed by atoms with E-state index in [0.29, 0.717) is 13.0 Å². The molecule has 1 aliphatic rings. The lowest BCUT2D eigenvalue weighted by atomic mass is 9.96. The van der Waals surface area contributed by atoms with Crippen LogP contribution in [0.4, 0.5) is 16.3 Å². The number of carbonyl (C=O) groups excluding carboxylic acids is 2. The van der Waals surface area contributed by atoms with Crippen LogP contribution < -0.4 is 32.5 Å². The van der Waals surface area contributed by atoms with Crippen LogP contribution >= 0.6 is 0 Å². The third-order valence-corrected chi connectivity index (χ3v) is 6.01. The molecule has 1 aromatic heterocycles. The van der Waals surface area contributed by atoms with Gasteiger partial charge in [-0.25, -0.2) is 9.59 Å².